The molecule has 1 nitrogen and oxygen atoms in total. The molecule has 0 saturated carbocycles. The lowest BCUT2D eigenvalue weighted by molar-refractivity contribution is 0.415. The van der Waals surface area contributed by atoms with Gasteiger partial charge in [-0.3, -0.25) is 0 Å². The van der Waals surface area contributed by atoms with E-state index in [0.717, 1.165) is 0 Å². The highest BCUT2D eigenvalue weighted by molar-refractivity contribution is 6.30. The van der Waals surface area contributed by atoms with Gasteiger partial charge >= 0.3 is 0 Å². The van der Waals surface area contributed by atoms with Crippen LogP contribution in [-0.4, -0.2) is 9.76 Å². The summed E-state index contributed by atoms with van der Waals surface area (Å²) in [5.74, 6) is 0.212. The third-order valence-electron chi connectivity index (χ3n) is 3.42. The Balaban J connectivity index is 2.49. The first-order valence-corrected chi connectivity index (χ1v) is 7.61. The first-order valence-electron chi connectivity index (χ1n) is 6.33. The van der Waals surface area contributed by atoms with E-state index in [1.54, 1.807) is 0 Å². The quantitative estimate of drug-likeness (QED) is 0.745. The Morgan fingerprint density at radius 1 is 0.833 bits per heavy atom. The van der Waals surface area contributed by atoms with E-state index in [2.05, 4.69) is 38.1 Å². The van der Waals surface area contributed by atoms with Crippen LogP contribution in [0.15, 0.2) is 60.7 Å². The molecule has 2 aromatic rings. The minimum Gasteiger partial charge on any atom is -0.306 e. The van der Waals surface area contributed by atoms with E-state index in [0.29, 0.717) is 0 Å². The van der Waals surface area contributed by atoms with Crippen molar-refractivity contribution in [3.8, 4) is 0 Å². The van der Waals surface area contributed by atoms with Crippen LogP contribution in [0, 0.1) is 0 Å². The third kappa shape index (κ3) is 2.71. The van der Waals surface area contributed by atoms with Crippen LogP contribution in [0.3, 0.4) is 0 Å². The van der Waals surface area contributed by atoms with Crippen LogP contribution in [-0.2, 0) is 4.80 Å². The molecule has 0 saturated heterocycles. The zero-order valence-electron chi connectivity index (χ0n) is 11.0. The average molecular weight is 255 g/mol. The molecular formula is C16H19OSi. The summed E-state index contributed by atoms with van der Waals surface area (Å²) in [7, 11) is -1.34. The van der Waals surface area contributed by atoms with Crippen molar-refractivity contribution in [1.29, 1.82) is 0 Å². The number of hydrogen-bond donors (Lipinski definition) is 0. The fourth-order valence-electron chi connectivity index (χ4n) is 2.47. The Morgan fingerprint density at radius 2 is 1.22 bits per heavy atom. The monoisotopic (exact) mass is 255 g/mol. The first-order chi connectivity index (χ1) is 8.65. The van der Waals surface area contributed by atoms with Gasteiger partial charge in [-0.2, -0.15) is 0 Å². The molecule has 0 heterocycles. The van der Waals surface area contributed by atoms with Crippen molar-refractivity contribution in [1.82, 2.24) is 0 Å². The average Bonchev–Trinajstić information content (AvgIpc) is 2.41. The van der Waals surface area contributed by atoms with E-state index >= 15 is 0 Å². The fourth-order valence-corrected chi connectivity index (χ4v) is 3.11. The van der Waals surface area contributed by atoms with Crippen molar-refractivity contribution < 1.29 is 4.80 Å². The Labute approximate surface area is 111 Å². The summed E-state index contributed by atoms with van der Waals surface area (Å²) in [6.07, 6.45) is 0. The zero-order chi connectivity index (χ0) is 13.0. The molecule has 0 aromatic heterocycles. The highest BCUT2D eigenvalue weighted by Gasteiger charge is 2.32. The van der Waals surface area contributed by atoms with Gasteiger partial charge < -0.3 is 4.80 Å². The summed E-state index contributed by atoms with van der Waals surface area (Å²) in [6.45, 7) is 4.22. The Morgan fingerprint density at radius 3 is 1.56 bits per heavy atom. The van der Waals surface area contributed by atoms with Crippen LogP contribution in [0.2, 0.25) is 5.04 Å². The zero-order valence-corrected chi connectivity index (χ0v) is 12.4. The van der Waals surface area contributed by atoms with Crippen LogP contribution in [0.25, 0.3) is 0 Å². The molecule has 0 bridgehead atoms. The molecule has 1 radical (unpaired) electrons. The summed E-state index contributed by atoms with van der Waals surface area (Å²) in [5, 5.41) is -0.150. The van der Waals surface area contributed by atoms with Gasteiger partial charge in [-0.15, -0.1) is 0 Å². The Bertz CT molecular complexity index is 439. The molecule has 0 N–H and O–H groups in total. The normalized spacial score (nSPS) is 12.4. The number of rotatable bonds is 4. The first kappa shape index (κ1) is 13.1. The maximum atomic E-state index is 11.7. The van der Waals surface area contributed by atoms with Crippen LogP contribution < -0.4 is 0 Å². The lowest BCUT2D eigenvalue weighted by atomic mass is 9.82. The SMILES string of the molecule is CC(C)([SiH2][O])C(c1ccccc1)c1ccccc1. The Hall–Kier alpha value is -1.38. The van der Waals surface area contributed by atoms with Gasteiger partial charge in [-0.25, -0.2) is 0 Å². The summed E-state index contributed by atoms with van der Waals surface area (Å²) >= 11 is 0. The molecule has 0 atom stereocenters. The second-order valence-electron chi connectivity index (χ2n) is 5.39. The van der Waals surface area contributed by atoms with Gasteiger partial charge in [0.15, 0.2) is 0 Å². The smallest absolute Gasteiger partial charge is 0.213 e. The third-order valence-corrected chi connectivity index (χ3v) is 4.57. The lowest BCUT2D eigenvalue weighted by Gasteiger charge is -2.32. The standard InChI is InChI=1S/C16H19OSi/c1-16(2,18-17)15(13-9-5-3-6-10-13)14-11-7-4-8-12-14/h3-12,15H,18H2,1-2H3. The van der Waals surface area contributed by atoms with Gasteiger partial charge in [0.25, 0.3) is 0 Å². The molecule has 2 rings (SSSR count). The molecule has 0 spiro atoms. The molecule has 0 aliphatic carbocycles. The van der Waals surface area contributed by atoms with Crippen molar-refractivity contribution in [3.05, 3.63) is 71.8 Å². The molecule has 0 amide bonds. The highest BCUT2D eigenvalue weighted by Crippen LogP contribution is 2.45. The number of benzene rings is 2. The molecule has 0 aliphatic heterocycles. The van der Waals surface area contributed by atoms with Crippen LogP contribution in [0.4, 0.5) is 0 Å². The van der Waals surface area contributed by atoms with Gasteiger partial charge in [0.1, 0.15) is 0 Å². The van der Waals surface area contributed by atoms with Crippen molar-refractivity contribution in [2.45, 2.75) is 24.8 Å². The van der Waals surface area contributed by atoms with Gasteiger partial charge in [0, 0.05) is 5.92 Å². The summed E-state index contributed by atoms with van der Waals surface area (Å²) < 4.78 is 0. The van der Waals surface area contributed by atoms with Crippen LogP contribution >= 0.6 is 0 Å². The van der Waals surface area contributed by atoms with Crippen LogP contribution in [0.5, 0.6) is 0 Å². The number of hydrogen-bond acceptors (Lipinski definition) is 0. The Kier molecular flexibility index (Phi) is 3.99. The summed E-state index contributed by atoms with van der Waals surface area (Å²) in [6, 6.07) is 20.8. The minimum absolute atomic E-state index is 0.150. The van der Waals surface area contributed by atoms with Gasteiger partial charge in [0.05, 0.1) is 0 Å². The van der Waals surface area contributed by atoms with E-state index in [9.17, 15) is 4.80 Å². The molecule has 0 unspecified atom stereocenters. The predicted octanol–water partition coefficient (Wildman–Crippen LogP) is 3.53. The van der Waals surface area contributed by atoms with Crippen LogP contribution in [0.1, 0.15) is 30.9 Å². The van der Waals surface area contributed by atoms with E-state index in [-0.39, 0.29) is 11.0 Å². The molecule has 0 aliphatic rings. The van der Waals surface area contributed by atoms with Crippen molar-refractivity contribution in [2.75, 3.05) is 0 Å². The van der Waals surface area contributed by atoms with E-state index in [4.69, 9.17) is 0 Å². The minimum atomic E-state index is -1.34. The van der Waals surface area contributed by atoms with Gasteiger partial charge in [0.2, 0.25) is 9.76 Å². The fraction of sp³-hybridized carbons (Fsp3) is 0.250. The van der Waals surface area contributed by atoms with Crippen molar-refractivity contribution >= 4 is 9.76 Å². The molecular weight excluding hydrogens is 236 g/mol. The summed E-state index contributed by atoms with van der Waals surface area (Å²) in [5.41, 5.74) is 2.49. The van der Waals surface area contributed by atoms with E-state index in [1.807, 2.05) is 36.4 Å². The molecule has 0 fully saturated rings. The van der Waals surface area contributed by atoms with Gasteiger partial charge in [-0.1, -0.05) is 74.5 Å². The van der Waals surface area contributed by atoms with Gasteiger partial charge in [-0.05, 0) is 16.2 Å². The second kappa shape index (κ2) is 5.51. The molecule has 18 heavy (non-hydrogen) atoms. The second-order valence-corrected chi connectivity index (χ2v) is 7.50. The van der Waals surface area contributed by atoms with E-state index in [1.165, 1.54) is 11.1 Å². The highest BCUT2D eigenvalue weighted by atomic mass is 28.2. The lowest BCUT2D eigenvalue weighted by Crippen LogP contribution is -2.22. The summed E-state index contributed by atoms with van der Waals surface area (Å²) in [4.78, 5) is 11.7. The largest absolute Gasteiger partial charge is 0.306 e. The van der Waals surface area contributed by atoms with Crippen molar-refractivity contribution in [3.63, 3.8) is 0 Å². The van der Waals surface area contributed by atoms with E-state index < -0.39 is 9.76 Å². The molecule has 2 heteroatoms. The van der Waals surface area contributed by atoms with Crippen molar-refractivity contribution in [2.24, 2.45) is 0 Å². The topological polar surface area (TPSA) is 19.9 Å². The maximum Gasteiger partial charge on any atom is 0.213 e. The maximum absolute atomic E-state index is 11.7. The molecule has 2 aromatic carbocycles. The predicted molar refractivity (Wildman–Crippen MR) is 78.0 cm³/mol. The molecule has 93 valence electrons.